The maximum Gasteiger partial charge on any atom is 0.148 e. The molecule has 0 amide bonds. The van der Waals surface area contributed by atoms with Gasteiger partial charge in [-0.1, -0.05) is 23.7 Å². The summed E-state index contributed by atoms with van der Waals surface area (Å²) in [5, 5.41) is -0.134. The van der Waals surface area contributed by atoms with Gasteiger partial charge in [0.25, 0.3) is 0 Å². The standard InChI is InChI=1S/C13H9BrClF3N2/c14-9-4-3-8(12(18)11(9)15)13(20-19)7-2-1-6(16)5-10(7)17/h1-5,13,20H,19H2. The Hall–Kier alpha value is -1.08. The lowest BCUT2D eigenvalue weighted by Crippen LogP contribution is -2.30. The van der Waals surface area contributed by atoms with E-state index in [1.165, 1.54) is 18.2 Å². The van der Waals surface area contributed by atoms with E-state index >= 15 is 0 Å². The second-order valence-electron chi connectivity index (χ2n) is 4.03. The van der Waals surface area contributed by atoms with Gasteiger partial charge in [-0.15, -0.1) is 0 Å². The van der Waals surface area contributed by atoms with Gasteiger partial charge < -0.3 is 0 Å². The quantitative estimate of drug-likeness (QED) is 0.489. The SMILES string of the molecule is NNC(c1ccc(F)cc1F)c1ccc(Br)c(Cl)c1F. The minimum absolute atomic E-state index is 0.0196. The third kappa shape index (κ3) is 2.83. The van der Waals surface area contributed by atoms with Crippen LogP contribution in [0, 0.1) is 17.5 Å². The topological polar surface area (TPSA) is 38.0 Å². The minimum Gasteiger partial charge on any atom is -0.271 e. The molecule has 2 nitrogen and oxygen atoms in total. The minimum atomic E-state index is -0.985. The van der Waals surface area contributed by atoms with Crippen LogP contribution >= 0.6 is 27.5 Å². The molecule has 0 saturated carbocycles. The molecule has 1 unspecified atom stereocenters. The van der Waals surface area contributed by atoms with Crippen molar-refractivity contribution in [2.75, 3.05) is 0 Å². The third-order valence-electron chi connectivity index (χ3n) is 2.82. The lowest BCUT2D eigenvalue weighted by atomic mass is 9.98. The smallest absolute Gasteiger partial charge is 0.148 e. The average molecular weight is 366 g/mol. The van der Waals surface area contributed by atoms with Crippen LogP contribution in [-0.4, -0.2) is 0 Å². The maximum atomic E-state index is 14.1. The van der Waals surface area contributed by atoms with Gasteiger partial charge in [0.2, 0.25) is 0 Å². The van der Waals surface area contributed by atoms with E-state index in [-0.39, 0.29) is 16.1 Å². The Morgan fingerprint density at radius 1 is 1.10 bits per heavy atom. The Labute approximate surface area is 126 Å². The molecule has 20 heavy (non-hydrogen) atoms. The van der Waals surface area contributed by atoms with Crippen LogP contribution in [0.2, 0.25) is 5.02 Å². The van der Waals surface area contributed by atoms with Crippen LogP contribution in [0.25, 0.3) is 0 Å². The first-order chi connectivity index (χ1) is 9.45. The van der Waals surface area contributed by atoms with E-state index < -0.39 is 23.5 Å². The molecule has 1 atom stereocenters. The summed E-state index contributed by atoms with van der Waals surface area (Å²) in [7, 11) is 0. The first-order valence-corrected chi connectivity index (χ1v) is 6.67. The Balaban J connectivity index is 2.55. The Kier molecular flexibility index (Phi) is 4.70. The van der Waals surface area contributed by atoms with Gasteiger partial charge in [0.1, 0.15) is 17.5 Å². The third-order valence-corrected chi connectivity index (χ3v) is 4.07. The van der Waals surface area contributed by atoms with Crippen molar-refractivity contribution in [3.63, 3.8) is 0 Å². The van der Waals surface area contributed by atoms with Crippen LogP contribution in [0.1, 0.15) is 17.2 Å². The van der Waals surface area contributed by atoms with Crippen molar-refractivity contribution in [2.24, 2.45) is 5.84 Å². The molecule has 0 aliphatic carbocycles. The molecule has 0 spiro atoms. The zero-order chi connectivity index (χ0) is 14.9. The van der Waals surface area contributed by atoms with Gasteiger partial charge in [0.05, 0.1) is 11.1 Å². The van der Waals surface area contributed by atoms with Gasteiger partial charge in [-0.2, -0.15) is 0 Å². The lowest BCUT2D eigenvalue weighted by Gasteiger charge is -2.19. The summed E-state index contributed by atoms with van der Waals surface area (Å²) in [5.41, 5.74) is 2.39. The zero-order valence-electron chi connectivity index (χ0n) is 9.93. The highest BCUT2D eigenvalue weighted by Crippen LogP contribution is 2.33. The first-order valence-electron chi connectivity index (χ1n) is 5.50. The molecule has 106 valence electrons. The average Bonchev–Trinajstić information content (AvgIpc) is 2.41. The fourth-order valence-corrected chi connectivity index (χ4v) is 2.32. The number of hydrogen-bond acceptors (Lipinski definition) is 2. The molecule has 2 rings (SSSR count). The van der Waals surface area contributed by atoms with Crippen LogP contribution in [0.15, 0.2) is 34.8 Å². The van der Waals surface area contributed by atoms with Crippen LogP contribution < -0.4 is 11.3 Å². The van der Waals surface area contributed by atoms with Gasteiger partial charge in [0.15, 0.2) is 0 Å². The Morgan fingerprint density at radius 3 is 2.35 bits per heavy atom. The van der Waals surface area contributed by atoms with Crippen molar-refractivity contribution in [3.8, 4) is 0 Å². The normalized spacial score (nSPS) is 12.5. The van der Waals surface area contributed by atoms with Crippen molar-refractivity contribution in [3.05, 3.63) is 68.4 Å². The highest BCUT2D eigenvalue weighted by molar-refractivity contribution is 9.10. The molecule has 0 fully saturated rings. The lowest BCUT2D eigenvalue weighted by molar-refractivity contribution is 0.522. The van der Waals surface area contributed by atoms with Crippen LogP contribution in [0.4, 0.5) is 13.2 Å². The van der Waals surface area contributed by atoms with Crippen molar-refractivity contribution in [1.29, 1.82) is 0 Å². The van der Waals surface area contributed by atoms with Crippen molar-refractivity contribution < 1.29 is 13.2 Å². The second-order valence-corrected chi connectivity index (χ2v) is 5.26. The van der Waals surface area contributed by atoms with E-state index in [1.807, 2.05) is 0 Å². The Bertz CT molecular complexity index is 652. The largest absolute Gasteiger partial charge is 0.271 e. The van der Waals surface area contributed by atoms with E-state index in [0.29, 0.717) is 10.5 Å². The Morgan fingerprint density at radius 2 is 1.75 bits per heavy atom. The molecular weight excluding hydrogens is 357 g/mol. The fourth-order valence-electron chi connectivity index (χ4n) is 1.85. The number of rotatable bonds is 3. The molecule has 0 radical (unpaired) electrons. The van der Waals surface area contributed by atoms with Crippen LogP contribution in [0.5, 0.6) is 0 Å². The van der Waals surface area contributed by atoms with E-state index in [0.717, 1.165) is 6.07 Å². The van der Waals surface area contributed by atoms with Crippen molar-refractivity contribution >= 4 is 27.5 Å². The summed E-state index contributed by atoms with van der Waals surface area (Å²) in [4.78, 5) is 0. The summed E-state index contributed by atoms with van der Waals surface area (Å²) >= 11 is 8.88. The first kappa shape index (κ1) is 15.3. The molecular formula is C13H9BrClF3N2. The molecule has 2 aromatic carbocycles. The van der Waals surface area contributed by atoms with E-state index in [4.69, 9.17) is 17.4 Å². The van der Waals surface area contributed by atoms with Crippen LogP contribution in [-0.2, 0) is 0 Å². The highest BCUT2D eigenvalue weighted by atomic mass is 79.9. The van der Waals surface area contributed by atoms with Gasteiger partial charge in [0, 0.05) is 21.7 Å². The van der Waals surface area contributed by atoms with Gasteiger partial charge >= 0.3 is 0 Å². The monoisotopic (exact) mass is 364 g/mol. The molecule has 0 heterocycles. The molecule has 0 aliphatic heterocycles. The van der Waals surface area contributed by atoms with Gasteiger partial charge in [-0.3, -0.25) is 5.84 Å². The summed E-state index contributed by atoms with van der Waals surface area (Å²) < 4.78 is 41.2. The summed E-state index contributed by atoms with van der Waals surface area (Å²) in [5.74, 6) is 3.09. The summed E-state index contributed by atoms with van der Waals surface area (Å²) in [6, 6.07) is 4.93. The number of nitrogens with one attached hydrogen (secondary N) is 1. The molecule has 0 aromatic heterocycles. The molecule has 3 N–H and O–H groups in total. The molecule has 0 aliphatic rings. The molecule has 7 heteroatoms. The van der Waals surface area contributed by atoms with E-state index in [9.17, 15) is 13.2 Å². The van der Waals surface area contributed by atoms with Gasteiger partial charge in [-0.05, 0) is 28.1 Å². The summed E-state index contributed by atoms with van der Waals surface area (Å²) in [6.07, 6.45) is 0. The molecule has 2 aromatic rings. The zero-order valence-corrected chi connectivity index (χ0v) is 12.3. The van der Waals surface area contributed by atoms with E-state index in [1.54, 1.807) is 0 Å². The summed E-state index contributed by atoms with van der Waals surface area (Å²) in [6.45, 7) is 0. The maximum absolute atomic E-state index is 14.1. The van der Waals surface area contributed by atoms with Crippen LogP contribution in [0.3, 0.4) is 0 Å². The van der Waals surface area contributed by atoms with Crippen molar-refractivity contribution in [2.45, 2.75) is 6.04 Å². The molecule has 0 saturated heterocycles. The molecule has 0 bridgehead atoms. The van der Waals surface area contributed by atoms with Crippen molar-refractivity contribution in [1.82, 2.24) is 5.43 Å². The second kappa shape index (κ2) is 6.13. The van der Waals surface area contributed by atoms with Gasteiger partial charge in [-0.25, -0.2) is 18.6 Å². The number of nitrogens with two attached hydrogens (primary N) is 1. The predicted octanol–water partition coefficient (Wildman–Crippen LogP) is 4.07. The fraction of sp³-hybridized carbons (Fsp3) is 0.0769. The highest BCUT2D eigenvalue weighted by Gasteiger charge is 2.22. The number of benzene rings is 2. The van der Waals surface area contributed by atoms with E-state index in [2.05, 4.69) is 21.4 Å². The number of hydrazine groups is 1. The number of halogens is 5. The number of hydrogen-bond donors (Lipinski definition) is 2. The predicted molar refractivity (Wildman–Crippen MR) is 74.6 cm³/mol.